The highest BCUT2D eigenvalue weighted by molar-refractivity contribution is 4.95. The van der Waals surface area contributed by atoms with Crippen LogP contribution in [0.25, 0.3) is 0 Å². The summed E-state index contributed by atoms with van der Waals surface area (Å²) in [6.07, 6.45) is -12.9. The lowest BCUT2D eigenvalue weighted by molar-refractivity contribution is -0.284. The van der Waals surface area contributed by atoms with E-state index in [1.807, 2.05) is 0 Å². The maximum Gasteiger partial charge on any atom is 0.454 e. The Morgan fingerprint density at radius 1 is 0.667 bits per heavy atom. The van der Waals surface area contributed by atoms with Crippen molar-refractivity contribution in [2.75, 3.05) is 0 Å². The van der Waals surface area contributed by atoms with Gasteiger partial charge in [-0.3, -0.25) is 0 Å². The van der Waals surface area contributed by atoms with Crippen LogP contribution in [0.15, 0.2) is 0 Å². The Morgan fingerprint density at radius 3 is 1.08 bits per heavy atom. The summed E-state index contributed by atoms with van der Waals surface area (Å²) in [7, 11) is 0. The van der Waals surface area contributed by atoms with Gasteiger partial charge in [0.15, 0.2) is 6.42 Å². The van der Waals surface area contributed by atoms with E-state index in [9.17, 15) is 35.1 Å². The summed E-state index contributed by atoms with van der Waals surface area (Å²) < 4.78 is 89.1. The van der Waals surface area contributed by atoms with E-state index in [1.165, 1.54) is 0 Å². The fraction of sp³-hybridized carbons (Fsp3) is 0.750. The molecule has 0 aromatic heterocycles. The summed E-state index contributed by atoms with van der Waals surface area (Å²) in [4.78, 5) is 0. The Morgan fingerprint density at radius 2 is 1.00 bits per heavy atom. The fourth-order valence-corrected chi connectivity index (χ4v) is 0.249. The number of hydrogen-bond donors (Lipinski definition) is 0. The largest absolute Gasteiger partial charge is 0.454 e. The van der Waals surface area contributed by atoms with Gasteiger partial charge in [-0.25, -0.2) is 0 Å². The second kappa shape index (κ2) is 2.74. The van der Waals surface area contributed by atoms with Crippen molar-refractivity contribution >= 4 is 0 Å². The minimum atomic E-state index is -6.26. The molecule has 12 heavy (non-hydrogen) atoms. The van der Waals surface area contributed by atoms with E-state index in [-0.39, 0.29) is 0 Å². The number of hydrogen-bond acceptors (Lipinski definition) is 0. The second-order valence-corrected chi connectivity index (χ2v) is 1.69. The van der Waals surface area contributed by atoms with E-state index in [0.29, 0.717) is 0 Å². The zero-order valence-electron chi connectivity index (χ0n) is 5.02. The molecular formula is C4F8. The molecule has 0 saturated heterocycles. The molecule has 0 aliphatic rings. The average Bonchev–Trinajstić information content (AvgIpc) is 1.52. The Hall–Kier alpha value is -0.560. The summed E-state index contributed by atoms with van der Waals surface area (Å²) in [5.41, 5.74) is 0. The summed E-state index contributed by atoms with van der Waals surface area (Å²) in [6.45, 7) is 0. The first-order valence-electron chi connectivity index (χ1n) is 2.26. The van der Waals surface area contributed by atoms with E-state index in [2.05, 4.69) is 0 Å². The van der Waals surface area contributed by atoms with Crippen LogP contribution in [0.5, 0.6) is 0 Å². The maximum atomic E-state index is 11.5. The van der Waals surface area contributed by atoms with Gasteiger partial charge in [0, 0.05) is 0 Å². The van der Waals surface area contributed by atoms with E-state index >= 15 is 0 Å². The minimum Gasteiger partial charge on any atom is -0.195 e. The molecule has 0 aromatic rings. The minimum absolute atomic E-state index is 0.823. The molecule has 0 saturated carbocycles. The van der Waals surface area contributed by atoms with Crippen LogP contribution < -0.4 is 0 Å². The second-order valence-electron chi connectivity index (χ2n) is 1.69. The van der Waals surface area contributed by atoms with Gasteiger partial charge in [0.1, 0.15) is 0 Å². The van der Waals surface area contributed by atoms with Crippen molar-refractivity contribution in [2.45, 2.75) is 18.3 Å². The third kappa shape index (κ3) is 3.22. The van der Waals surface area contributed by atoms with Gasteiger partial charge >= 0.3 is 18.3 Å². The standard InChI is InChI=1S/C4F8/c5-2(6,4(10,11)12)1-3(7,8)9. The van der Waals surface area contributed by atoms with E-state index in [1.54, 1.807) is 0 Å². The van der Waals surface area contributed by atoms with Crippen LogP contribution in [-0.2, 0) is 0 Å². The zero-order valence-corrected chi connectivity index (χ0v) is 5.02. The molecule has 0 nitrogen and oxygen atoms in total. The normalized spacial score (nSPS) is 15.0. The topological polar surface area (TPSA) is 0 Å². The zero-order chi connectivity index (χ0) is 10.2. The molecule has 8 heteroatoms. The smallest absolute Gasteiger partial charge is 0.195 e. The molecule has 0 N–H and O–H groups in total. The lowest BCUT2D eigenvalue weighted by Gasteiger charge is -2.19. The number of halogens is 8. The molecule has 0 aliphatic heterocycles. The van der Waals surface area contributed by atoms with Crippen LogP contribution in [0, 0.1) is 6.42 Å². The summed E-state index contributed by atoms with van der Waals surface area (Å²) in [5.74, 6) is -5.95. The van der Waals surface area contributed by atoms with Crippen LogP contribution >= 0.6 is 0 Å². The Kier molecular flexibility index (Phi) is 2.61. The Balaban J connectivity index is 4.44. The van der Waals surface area contributed by atoms with E-state index in [0.717, 1.165) is 0 Å². The summed E-state index contributed by atoms with van der Waals surface area (Å²) in [5, 5.41) is 0. The molecule has 0 unspecified atom stereocenters. The molecule has 0 fully saturated rings. The monoisotopic (exact) mass is 200 g/mol. The fourth-order valence-electron chi connectivity index (χ4n) is 0.249. The van der Waals surface area contributed by atoms with Crippen LogP contribution in [0.2, 0.25) is 0 Å². The molecule has 0 aromatic carbocycles. The van der Waals surface area contributed by atoms with E-state index < -0.39 is 24.7 Å². The van der Waals surface area contributed by atoms with Crippen molar-refractivity contribution in [1.29, 1.82) is 0 Å². The van der Waals surface area contributed by atoms with Gasteiger partial charge in [-0.1, -0.05) is 0 Å². The molecule has 0 atom stereocenters. The molecule has 0 heterocycles. The van der Waals surface area contributed by atoms with Crippen molar-refractivity contribution in [3.05, 3.63) is 6.42 Å². The van der Waals surface area contributed by atoms with Gasteiger partial charge in [0.25, 0.3) is 0 Å². The molecule has 0 rings (SSSR count). The predicted molar refractivity (Wildman–Crippen MR) is 20.3 cm³/mol. The Labute approximate surface area is 61.2 Å². The SMILES string of the molecule is FC(F)(F)[C]C(F)(F)C(F)(F)F. The van der Waals surface area contributed by atoms with Crippen molar-refractivity contribution in [1.82, 2.24) is 0 Å². The third-order valence-electron chi connectivity index (χ3n) is 0.655. The van der Waals surface area contributed by atoms with Crippen molar-refractivity contribution in [2.24, 2.45) is 0 Å². The molecule has 0 amide bonds. The molecule has 72 valence electrons. The first-order chi connectivity index (χ1) is 4.96. The van der Waals surface area contributed by atoms with Gasteiger partial charge < -0.3 is 0 Å². The average molecular weight is 200 g/mol. The number of rotatable bonds is 1. The molecular weight excluding hydrogens is 200 g/mol. The maximum absolute atomic E-state index is 11.5. The summed E-state index contributed by atoms with van der Waals surface area (Å²) in [6, 6.07) is 0. The molecule has 0 spiro atoms. The first-order valence-corrected chi connectivity index (χ1v) is 2.26. The van der Waals surface area contributed by atoms with Crippen LogP contribution in [0.1, 0.15) is 0 Å². The van der Waals surface area contributed by atoms with Crippen LogP contribution in [0.4, 0.5) is 35.1 Å². The van der Waals surface area contributed by atoms with Gasteiger partial charge in [0.05, 0.1) is 0 Å². The van der Waals surface area contributed by atoms with Gasteiger partial charge in [-0.15, -0.1) is 0 Å². The van der Waals surface area contributed by atoms with Crippen molar-refractivity contribution in [3.63, 3.8) is 0 Å². The van der Waals surface area contributed by atoms with Crippen molar-refractivity contribution < 1.29 is 35.1 Å². The van der Waals surface area contributed by atoms with Crippen molar-refractivity contribution in [3.8, 4) is 0 Å². The van der Waals surface area contributed by atoms with Crippen LogP contribution in [0.3, 0.4) is 0 Å². The highest BCUT2D eigenvalue weighted by Crippen LogP contribution is 2.42. The van der Waals surface area contributed by atoms with E-state index in [4.69, 9.17) is 0 Å². The number of alkyl halides is 8. The molecule has 0 bridgehead atoms. The predicted octanol–water partition coefficient (Wildman–Crippen LogP) is 2.83. The highest BCUT2D eigenvalue weighted by atomic mass is 19.4. The molecule has 0 aliphatic carbocycles. The first kappa shape index (κ1) is 11.4. The third-order valence-corrected chi connectivity index (χ3v) is 0.655. The quantitative estimate of drug-likeness (QED) is 0.571. The van der Waals surface area contributed by atoms with Gasteiger partial charge in [-0.05, 0) is 0 Å². The molecule has 2 radical (unpaired) electrons. The lowest BCUT2D eigenvalue weighted by Crippen LogP contribution is -2.41. The van der Waals surface area contributed by atoms with Gasteiger partial charge in [0.2, 0.25) is 0 Å². The van der Waals surface area contributed by atoms with Gasteiger partial charge in [-0.2, -0.15) is 35.1 Å². The lowest BCUT2D eigenvalue weighted by atomic mass is 10.2. The Bertz CT molecular complexity index is 149. The van der Waals surface area contributed by atoms with Crippen LogP contribution in [-0.4, -0.2) is 18.3 Å². The highest BCUT2D eigenvalue weighted by Gasteiger charge is 2.63. The summed E-state index contributed by atoms with van der Waals surface area (Å²) >= 11 is 0.